The van der Waals surface area contributed by atoms with Crippen molar-refractivity contribution in [3.05, 3.63) is 83.9 Å². The predicted octanol–water partition coefficient (Wildman–Crippen LogP) is 5.48. The van der Waals surface area contributed by atoms with Gasteiger partial charge >= 0.3 is 0 Å². The van der Waals surface area contributed by atoms with E-state index < -0.39 is 0 Å². The molecule has 0 radical (unpaired) electrons. The van der Waals surface area contributed by atoms with Crippen LogP contribution in [0.3, 0.4) is 0 Å². The molecule has 31 heavy (non-hydrogen) atoms. The SMILES string of the molecule is CCC(CN1C=NCC1)c1ccc(N)cc1Oc1ccccc1OCc1ccccc1. The highest BCUT2D eigenvalue weighted by molar-refractivity contribution is 5.58. The van der Waals surface area contributed by atoms with Crippen LogP contribution in [0.1, 0.15) is 30.4 Å². The Bertz CT molecular complexity index is 1020. The highest BCUT2D eigenvalue weighted by Crippen LogP contribution is 2.38. The Balaban J connectivity index is 1.56. The summed E-state index contributed by atoms with van der Waals surface area (Å²) in [4.78, 5) is 6.61. The first kappa shape index (κ1) is 20.8. The molecule has 0 spiro atoms. The van der Waals surface area contributed by atoms with Gasteiger partial charge in [0.25, 0.3) is 0 Å². The molecule has 160 valence electrons. The summed E-state index contributed by atoms with van der Waals surface area (Å²) in [6, 6.07) is 23.8. The fraction of sp³-hybridized carbons (Fsp3) is 0.269. The Morgan fingerprint density at radius 2 is 1.74 bits per heavy atom. The minimum Gasteiger partial charge on any atom is -0.485 e. The van der Waals surface area contributed by atoms with E-state index in [2.05, 4.69) is 22.9 Å². The summed E-state index contributed by atoms with van der Waals surface area (Å²) < 4.78 is 12.5. The van der Waals surface area contributed by atoms with Crippen molar-refractivity contribution in [1.82, 2.24) is 4.90 Å². The Hall–Kier alpha value is -3.47. The normalized spacial score (nSPS) is 13.9. The van der Waals surface area contributed by atoms with E-state index in [4.69, 9.17) is 15.2 Å². The van der Waals surface area contributed by atoms with Crippen LogP contribution in [-0.2, 0) is 6.61 Å². The molecule has 0 fully saturated rings. The van der Waals surface area contributed by atoms with Crippen molar-refractivity contribution < 1.29 is 9.47 Å². The zero-order valence-electron chi connectivity index (χ0n) is 17.9. The van der Waals surface area contributed by atoms with Gasteiger partial charge in [0, 0.05) is 30.8 Å². The van der Waals surface area contributed by atoms with E-state index >= 15 is 0 Å². The zero-order valence-corrected chi connectivity index (χ0v) is 17.9. The van der Waals surface area contributed by atoms with Crippen molar-refractivity contribution in [1.29, 1.82) is 0 Å². The Morgan fingerprint density at radius 1 is 0.968 bits per heavy atom. The lowest BCUT2D eigenvalue weighted by atomic mass is 9.94. The smallest absolute Gasteiger partial charge is 0.169 e. The number of nitrogen functional groups attached to an aromatic ring is 1. The molecule has 0 saturated heterocycles. The van der Waals surface area contributed by atoms with Gasteiger partial charge in [-0.2, -0.15) is 0 Å². The third kappa shape index (κ3) is 5.37. The van der Waals surface area contributed by atoms with Gasteiger partial charge in [0.2, 0.25) is 0 Å². The quantitative estimate of drug-likeness (QED) is 0.470. The molecule has 3 aromatic carbocycles. The van der Waals surface area contributed by atoms with Crippen LogP contribution in [0.25, 0.3) is 0 Å². The molecule has 5 nitrogen and oxygen atoms in total. The molecule has 4 rings (SSSR count). The van der Waals surface area contributed by atoms with Gasteiger partial charge in [-0.05, 0) is 35.7 Å². The second kappa shape index (κ2) is 10.0. The number of ether oxygens (including phenoxy) is 2. The first-order valence-corrected chi connectivity index (χ1v) is 10.8. The van der Waals surface area contributed by atoms with Crippen molar-refractivity contribution in [2.24, 2.45) is 4.99 Å². The third-order valence-corrected chi connectivity index (χ3v) is 5.49. The summed E-state index contributed by atoms with van der Waals surface area (Å²) in [7, 11) is 0. The number of aliphatic imine (C=N–C) groups is 1. The van der Waals surface area contributed by atoms with Crippen molar-refractivity contribution in [2.45, 2.75) is 25.9 Å². The number of rotatable bonds is 9. The molecule has 1 atom stereocenters. The Labute approximate surface area is 184 Å². The molecule has 5 heteroatoms. The molecule has 0 amide bonds. The van der Waals surface area contributed by atoms with Crippen molar-refractivity contribution in [3.63, 3.8) is 0 Å². The molecule has 2 N–H and O–H groups in total. The summed E-state index contributed by atoms with van der Waals surface area (Å²) in [5.74, 6) is 2.48. The second-order valence-corrected chi connectivity index (χ2v) is 7.74. The van der Waals surface area contributed by atoms with Gasteiger partial charge in [-0.15, -0.1) is 0 Å². The van der Waals surface area contributed by atoms with Gasteiger partial charge in [0.05, 0.1) is 12.9 Å². The number of anilines is 1. The van der Waals surface area contributed by atoms with Crippen molar-refractivity contribution in [2.75, 3.05) is 25.4 Å². The van der Waals surface area contributed by atoms with Crippen molar-refractivity contribution in [3.8, 4) is 17.2 Å². The lowest BCUT2D eigenvalue weighted by Gasteiger charge is -2.24. The molecule has 1 aliphatic rings. The van der Waals surface area contributed by atoms with Crippen LogP contribution in [-0.4, -0.2) is 30.9 Å². The van der Waals surface area contributed by atoms with Crippen LogP contribution in [0.15, 0.2) is 77.8 Å². The van der Waals surface area contributed by atoms with E-state index in [0.29, 0.717) is 29.7 Å². The monoisotopic (exact) mass is 415 g/mol. The van der Waals surface area contributed by atoms with E-state index in [0.717, 1.165) is 42.9 Å². The van der Waals surface area contributed by atoms with Gasteiger partial charge in [-0.3, -0.25) is 4.99 Å². The number of nitrogens with two attached hydrogens (primary N) is 1. The minimum atomic E-state index is 0.317. The maximum absolute atomic E-state index is 6.40. The van der Waals surface area contributed by atoms with Crippen LogP contribution in [0, 0.1) is 0 Å². The molecule has 3 aromatic rings. The second-order valence-electron chi connectivity index (χ2n) is 7.74. The molecule has 0 saturated carbocycles. The lowest BCUT2D eigenvalue weighted by molar-refractivity contribution is 0.291. The van der Waals surface area contributed by atoms with Gasteiger partial charge in [0.1, 0.15) is 12.4 Å². The number of hydrogen-bond acceptors (Lipinski definition) is 5. The van der Waals surface area contributed by atoms with Crippen LogP contribution in [0.2, 0.25) is 0 Å². The zero-order chi connectivity index (χ0) is 21.5. The maximum Gasteiger partial charge on any atom is 0.169 e. The average molecular weight is 416 g/mol. The maximum atomic E-state index is 6.40. The van der Waals surface area contributed by atoms with E-state index in [1.807, 2.05) is 73.1 Å². The molecule has 1 unspecified atom stereocenters. The number of para-hydroxylation sites is 2. The lowest BCUT2D eigenvalue weighted by Crippen LogP contribution is -2.25. The molecular formula is C26H29N3O2. The highest BCUT2D eigenvalue weighted by atomic mass is 16.5. The van der Waals surface area contributed by atoms with Gasteiger partial charge in [0.15, 0.2) is 11.5 Å². The fourth-order valence-corrected chi connectivity index (χ4v) is 3.77. The van der Waals surface area contributed by atoms with E-state index in [9.17, 15) is 0 Å². The largest absolute Gasteiger partial charge is 0.485 e. The van der Waals surface area contributed by atoms with Gasteiger partial charge in [-0.25, -0.2) is 0 Å². The summed E-state index contributed by atoms with van der Waals surface area (Å²) in [6.45, 7) is 5.43. The average Bonchev–Trinajstić information content (AvgIpc) is 3.31. The van der Waals surface area contributed by atoms with E-state index in [1.54, 1.807) is 0 Å². The summed E-state index contributed by atoms with van der Waals surface area (Å²) >= 11 is 0. The van der Waals surface area contributed by atoms with Gasteiger partial charge in [-0.1, -0.05) is 55.5 Å². The van der Waals surface area contributed by atoms with Crippen molar-refractivity contribution >= 4 is 12.0 Å². The van der Waals surface area contributed by atoms with E-state index in [-0.39, 0.29) is 0 Å². The first-order chi connectivity index (χ1) is 15.2. The van der Waals surface area contributed by atoms with Crippen LogP contribution in [0.5, 0.6) is 17.2 Å². The molecule has 0 aliphatic carbocycles. The summed E-state index contributed by atoms with van der Waals surface area (Å²) in [5, 5.41) is 0. The topological polar surface area (TPSA) is 60.1 Å². The predicted molar refractivity (Wildman–Crippen MR) is 126 cm³/mol. The number of hydrogen-bond donors (Lipinski definition) is 1. The Morgan fingerprint density at radius 3 is 2.48 bits per heavy atom. The standard InChI is InChI=1S/C26H29N3O2/c1-2-21(17-29-15-14-28-19-29)23-13-12-22(27)16-26(23)31-25-11-7-6-10-24(25)30-18-20-8-4-3-5-9-20/h3-13,16,19,21H,2,14-15,17-18,27H2,1H3. The van der Waals surface area contributed by atoms with Crippen LogP contribution in [0.4, 0.5) is 5.69 Å². The first-order valence-electron chi connectivity index (χ1n) is 10.8. The van der Waals surface area contributed by atoms with Crippen LogP contribution < -0.4 is 15.2 Å². The molecule has 1 heterocycles. The van der Waals surface area contributed by atoms with Crippen LogP contribution >= 0.6 is 0 Å². The Kier molecular flexibility index (Phi) is 6.72. The molecule has 0 bridgehead atoms. The minimum absolute atomic E-state index is 0.317. The van der Waals surface area contributed by atoms with Gasteiger partial charge < -0.3 is 20.1 Å². The summed E-state index contributed by atoms with van der Waals surface area (Å²) in [6.07, 6.45) is 2.95. The molecular weight excluding hydrogens is 386 g/mol. The molecule has 1 aliphatic heterocycles. The number of nitrogens with zero attached hydrogens (tertiary/aromatic N) is 2. The van der Waals surface area contributed by atoms with E-state index in [1.165, 1.54) is 0 Å². The highest BCUT2D eigenvalue weighted by Gasteiger charge is 2.20. The third-order valence-electron chi connectivity index (χ3n) is 5.49. The number of benzene rings is 3. The summed E-state index contributed by atoms with van der Waals surface area (Å²) in [5.41, 5.74) is 9.06. The fourth-order valence-electron chi connectivity index (χ4n) is 3.77. The molecule has 0 aromatic heterocycles.